The molecule has 0 radical (unpaired) electrons. The average Bonchev–Trinajstić information content (AvgIpc) is 1.50. The normalized spacial score (nSPS) is 13.0. The van der Waals surface area contributed by atoms with Gasteiger partial charge in [-0.2, -0.15) is 0 Å². The lowest BCUT2D eigenvalue weighted by Gasteiger charge is -2.37. The summed E-state index contributed by atoms with van der Waals surface area (Å²) in [6.07, 6.45) is 0. The number of benzene rings is 14. The van der Waals surface area contributed by atoms with Gasteiger partial charge in [-0.3, -0.25) is 0 Å². The van der Waals surface area contributed by atoms with Crippen LogP contribution in [0.15, 0.2) is 324 Å². The fraction of sp³-hybridized carbons (Fsp3) is 0.168. The third kappa shape index (κ3) is 11.5. The zero-order chi connectivity index (χ0) is 72.3. The van der Waals surface area contributed by atoms with E-state index in [9.17, 15) is 0 Å². The maximum Gasteiger partial charge on any atom is 0.160 e. The Bertz CT molecular complexity index is 5880. The number of furan rings is 2. The molecule has 0 saturated heterocycles. The van der Waals surface area contributed by atoms with Crippen molar-refractivity contribution in [3.63, 3.8) is 0 Å². The van der Waals surface area contributed by atoms with Crippen LogP contribution in [-0.2, 0) is 27.1 Å². The molecule has 0 aliphatic heterocycles. The van der Waals surface area contributed by atoms with Crippen molar-refractivity contribution in [1.82, 2.24) is 0 Å². The molecule has 0 fully saturated rings. The van der Waals surface area contributed by atoms with Gasteiger partial charge in [0, 0.05) is 49.8 Å². The molecule has 105 heavy (non-hydrogen) atoms. The molecule has 1 aliphatic carbocycles. The van der Waals surface area contributed by atoms with E-state index in [-0.39, 0.29) is 21.7 Å². The first-order chi connectivity index (χ1) is 50.6. The molecule has 17 rings (SSSR count). The van der Waals surface area contributed by atoms with Crippen LogP contribution in [0, 0.1) is 0 Å². The largest absolute Gasteiger partial charge is 0.455 e. The van der Waals surface area contributed by atoms with Crippen LogP contribution in [0.3, 0.4) is 0 Å². The maximum atomic E-state index is 7.92. The van der Waals surface area contributed by atoms with Crippen molar-refractivity contribution < 1.29 is 8.83 Å². The molecular formula is C101H88N2O2. The summed E-state index contributed by atoms with van der Waals surface area (Å²) in [6, 6.07) is 118. The summed E-state index contributed by atoms with van der Waals surface area (Å²) in [7, 11) is 0. The monoisotopic (exact) mass is 1360 g/mol. The maximum absolute atomic E-state index is 7.92. The van der Waals surface area contributed by atoms with Crippen LogP contribution in [0.25, 0.3) is 99.5 Å². The minimum Gasteiger partial charge on any atom is -0.455 e. The zero-order valence-electron chi connectivity index (χ0n) is 62.2. The van der Waals surface area contributed by atoms with E-state index in [0.29, 0.717) is 0 Å². The van der Waals surface area contributed by atoms with Crippen molar-refractivity contribution in [3.8, 4) is 55.6 Å². The number of hydrogen-bond donors (Lipinski definition) is 0. The number of rotatable bonds is 12. The van der Waals surface area contributed by atoms with E-state index in [0.717, 1.165) is 156 Å². The van der Waals surface area contributed by atoms with Gasteiger partial charge >= 0.3 is 0 Å². The van der Waals surface area contributed by atoms with Crippen molar-refractivity contribution in [2.45, 2.75) is 110 Å². The lowest BCUT2D eigenvalue weighted by Crippen LogP contribution is -2.30. The van der Waals surface area contributed by atoms with Crippen molar-refractivity contribution >= 4 is 78.0 Å². The molecular weight excluding hydrogens is 1270 g/mol. The van der Waals surface area contributed by atoms with E-state index in [4.69, 9.17) is 8.83 Å². The Balaban J connectivity index is 1.09. The minimum atomic E-state index is -1.06. The van der Waals surface area contributed by atoms with Crippen LogP contribution in [0.5, 0.6) is 0 Å². The second-order valence-electron chi connectivity index (χ2n) is 32.8. The number of para-hydroxylation sites is 2. The van der Waals surface area contributed by atoms with E-state index in [1.807, 2.05) is 0 Å². The number of anilines is 6. The predicted octanol–water partition coefficient (Wildman–Crippen LogP) is 28.6. The third-order valence-corrected chi connectivity index (χ3v) is 22.0. The van der Waals surface area contributed by atoms with Crippen molar-refractivity contribution in [3.05, 3.63) is 360 Å². The molecule has 1 aliphatic rings. The molecule has 0 N–H and O–H groups in total. The molecule has 0 unspecified atom stereocenters. The lowest BCUT2D eigenvalue weighted by molar-refractivity contribution is 0.588. The Morgan fingerprint density at radius 1 is 0.257 bits per heavy atom. The van der Waals surface area contributed by atoms with Gasteiger partial charge < -0.3 is 18.6 Å². The van der Waals surface area contributed by atoms with Crippen LogP contribution in [-0.4, -0.2) is 0 Å². The Morgan fingerprint density at radius 2 is 0.590 bits per heavy atom. The zero-order valence-corrected chi connectivity index (χ0v) is 62.2. The number of nitrogens with zero attached hydrogens (tertiary/aromatic N) is 2. The summed E-state index contributed by atoms with van der Waals surface area (Å²) in [5.41, 5.74) is 28.0. The van der Waals surface area contributed by atoms with Crippen LogP contribution in [0.4, 0.5) is 34.1 Å². The fourth-order valence-corrected chi connectivity index (χ4v) is 16.4. The highest BCUT2D eigenvalue weighted by Crippen LogP contribution is 2.65. The second-order valence-corrected chi connectivity index (χ2v) is 32.8. The molecule has 2 heterocycles. The fourth-order valence-electron chi connectivity index (χ4n) is 16.4. The highest BCUT2D eigenvalue weighted by Gasteiger charge is 2.51. The van der Waals surface area contributed by atoms with E-state index in [2.05, 4.69) is 408 Å². The smallest absolute Gasteiger partial charge is 0.160 e. The van der Waals surface area contributed by atoms with E-state index in [1.54, 1.807) is 0 Å². The summed E-state index contributed by atoms with van der Waals surface area (Å²) in [6.45, 7) is 27.7. The van der Waals surface area contributed by atoms with Gasteiger partial charge in [-0.1, -0.05) is 338 Å². The van der Waals surface area contributed by atoms with Gasteiger partial charge in [0.1, 0.15) is 16.7 Å². The van der Waals surface area contributed by atoms with Crippen molar-refractivity contribution in [1.29, 1.82) is 0 Å². The molecule has 4 nitrogen and oxygen atoms in total. The van der Waals surface area contributed by atoms with Crippen molar-refractivity contribution in [2.24, 2.45) is 0 Å². The molecule has 0 atom stereocenters. The van der Waals surface area contributed by atoms with Gasteiger partial charge in [-0.25, -0.2) is 0 Å². The molecule has 16 aromatic rings. The molecule has 0 bridgehead atoms. The summed E-state index contributed by atoms with van der Waals surface area (Å²) in [5.74, 6) is 0. The Labute approximate surface area is 618 Å². The van der Waals surface area contributed by atoms with E-state index in [1.165, 1.54) is 22.3 Å². The quantitative estimate of drug-likeness (QED) is 0.122. The topological polar surface area (TPSA) is 32.8 Å². The van der Waals surface area contributed by atoms with Crippen LogP contribution >= 0.6 is 0 Å². The summed E-state index contributed by atoms with van der Waals surface area (Å²) in [4.78, 5) is 5.08. The van der Waals surface area contributed by atoms with Crippen LogP contribution in [0.1, 0.15) is 128 Å². The van der Waals surface area contributed by atoms with Gasteiger partial charge in [0.15, 0.2) is 5.58 Å². The molecule has 2 aromatic heterocycles. The standard InChI is InChI=1S/C101H88N2O2/c1-97(2,3)71-43-47-75(48-44-71)101(76-49-45-72(46-50-76)98(4,5)6)83-64-88(103(78-57-53-74(54-58-78)100(10,11)12)86-62-70(66-31-19-14-20-32-66)42-60-80(86)68-35-23-16-24-36-68)95-92(82-38-26-28-40-90(82)104-95)93(83)94-84(101)63-87(91-81-37-25-27-39-89(81)105-96(91)94)102(77-55-51-73(52-56-77)99(7,8)9)85-61-69(65-29-17-13-18-30-65)41-59-79(85)67-33-21-15-22-34-67/h13-64H,1-12H3. The summed E-state index contributed by atoms with van der Waals surface area (Å²) in [5, 5.41) is 4.06. The van der Waals surface area contributed by atoms with E-state index < -0.39 is 5.41 Å². The number of hydrogen-bond acceptors (Lipinski definition) is 4. The SMILES string of the molecule is CC(C)(C)c1ccc(N(c2cc(-c3ccccc3)ccc2-c2ccccc2)c2cc3c(c4c2oc2ccccc24)-c2c(cc(N(c4ccc(C(C)(C)C)cc4)c4cc(-c5ccccc5)ccc4-c4ccccc4)c4c2oc2ccccc24)C3(c2ccc(C(C)(C)C)cc2)c2ccc(C(C)(C)C)cc2)cc1. The van der Waals surface area contributed by atoms with Gasteiger partial charge in [0.2, 0.25) is 0 Å². The highest BCUT2D eigenvalue weighted by atomic mass is 16.3. The molecule has 4 heteroatoms. The van der Waals surface area contributed by atoms with Gasteiger partial charge in [-0.15, -0.1) is 0 Å². The lowest BCUT2D eigenvalue weighted by atomic mass is 9.66. The molecule has 14 aromatic carbocycles. The Hall–Kier alpha value is -11.7. The van der Waals surface area contributed by atoms with E-state index >= 15 is 0 Å². The first kappa shape index (κ1) is 66.5. The Kier molecular flexibility index (Phi) is 16.0. The molecule has 0 amide bonds. The van der Waals surface area contributed by atoms with Crippen LogP contribution in [0.2, 0.25) is 0 Å². The summed E-state index contributed by atoms with van der Waals surface area (Å²) >= 11 is 0. The van der Waals surface area contributed by atoms with Crippen LogP contribution < -0.4 is 9.80 Å². The second kappa shape index (κ2) is 25.3. The van der Waals surface area contributed by atoms with Crippen molar-refractivity contribution in [2.75, 3.05) is 9.80 Å². The first-order valence-corrected chi connectivity index (χ1v) is 37.1. The van der Waals surface area contributed by atoms with Gasteiger partial charge in [-0.05, 0) is 160 Å². The summed E-state index contributed by atoms with van der Waals surface area (Å²) < 4.78 is 15.7. The molecule has 514 valence electrons. The minimum absolute atomic E-state index is 0.107. The van der Waals surface area contributed by atoms with Gasteiger partial charge in [0.25, 0.3) is 0 Å². The number of fused-ring (bicyclic) bond motifs is 11. The predicted molar refractivity (Wildman–Crippen MR) is 444 cm³/mol. The Morgan fingerprint density at radius 3 is 1.00 bits per heavy atom. The first-order valence-electron chi connectivity index (χ1n) is 37.1. The molecule has 0 spiro atoms. The highest BCUT2D eigenvalue weighted by molar-refractivity contribution is 6.26. The molecule has 0 saturated carbocycles. The third-order valence-electron chi connectivity index (χ3n) is 22.0. The van der Waals surface area contributed by atoms with Gasteiger partial charge in [0.05, 0.1) is 33.6 Å². The average molecular weight is 1360 g/mol.